The summed E-state index contributed by atoms with van der Waals surface area (Å²) in [7, 11) is 0. The molecule has 1 fully saturated rings. The monoisotopic (exact) mass is 292 g/mol. The van der Waals surface area contributed by atoms with E-state index in [1.807, 2.05) is 11.8 Å². The summed E-state index contributed by atoms with van der Waals surface area (Å²) in [5.74, 6) is 0.0807. The minimum Gasteiger partial charge on any atom is -0.339 e. The zero-order chi connectivity index (χ0) is 15.2. The van der Waals surface area contributed by atoms with Crippen molar-refractivity contribution in [2.45, 2.75) is 45.1 Å². The van der Waals surface area contributed by atoms with Gasteiger partial charge in [-0.3, -0.25) is 4.79 Å². The normalized spacial score (nSPS) is 22.0. The average Bonchev–Trinajstić information content (AvgIpc) is 2.51. The zero-order valence-electron chi connectivity index (χ0n) is 12.7. The highest BCUT2D eigenvalue weighted by Gasteiger charge is 2.31. The maximum atomic E-state index is 13.7. The highest BCUT2D eigenvalue weighted by atomic mass is 19.1. The summed E-state index contributed by atoms with van der Waals surface area (Å²) in [6.07, 6.45) is 4.57. The number of nitrogens with two attached hydrogens (primary N) is 1. The van der Waals surface area contributed by atoms with Crippen molar-refractivity contribution < 1.29 is 9.18 Å². The molecule has 2 unspecified atom stereocenters. The molecule has 0 radical (unpaired) electrons. The summed E-state index contributed by atoms with van der Waals surface area (Å²) < 4.78 is 13.7. The van der Waals surface area contributed by atoms with Crippen molar-refractivity contribution in [1.29, 1.82) is 0 Å². The van der Waals surface area contributed by atoms with Gasteiger partial charge in [0.05, 0.1) is 6.42 Å². The lowest BCUT2D eigenvalue weighted by Crippen LogP contribution is -2.48. The van der Waals surface area contributed by atoms with E-state index in [4.69, 9.17) is 5.73 Å². The van der Waals surface area contributed by atoms with Crippen molar-refractivity contribution in [3.05, 3.63) is 35.6 Å². The molecule has 2 atom stereocenters. The van der Waals surface area contributed by atoms with Crippen molar-refractivity contribution in [3.63, 3.8) is 0 Å². The number of amides is 1. The van der Waals surface area contributed by atoms with Gasteiger partial charge in [-0.05, 0) is 43.9 Å². The Morgan fingerprint density at radius 2 is 2.05 bits per heavy atom. The van der Waals surface area contributed by atoms with E-state index in [9.17, 15) is 9.18 Å². The molecular weight excluding hydrogens is 267 g/mol. The lowest BCUT2D eigenvalue weighted by Gasteiger charge is -2.39. The molecule has 1 aromatic carbocycles. The summed E-state index contributed by atoms with van der Waals surface area (Å²) in [6, 6.07) is 6.72. The number of halogens is 1. The predicted molar refractivity (Wildman–Crippen MR) is 82.3 cm³/mol. The highest BCUT2D eigenvalue weighted by molar-refractivity contribution is 5.79. The first-order chi connectivity index (χ1) is 10.2. The molecule has 0 saturated heterocycles. The molecule has 3 nitrogen and oxygen atoms in total. The van der Waals surface area contributed by atoms with Gasteiger partial charge < -0.3 is 10.6 Å². The lowest BCUT2D eigenvalue weighted by atomic mass is 9.83. The molecule has 4 heteroatoms. The number of nitrogens with zero attached hydrogens (tertiary/aromatic N) is 1. The van der Waals surface area contributed by atoms with Gasteiger partial charge in [-0.25, -0.2) is 4.39 Å². The molecule has 1 aliphatic carbocycles. The second kappa shape index (κ2) is 7.55. The Labute approximate surface area is 126 Å². The molecule has 21 heavy (non-hydrogen) atoms. The molecule has 1 aliphatic rings. The number of carbonyl (C=O) groups is 1. The Morgan fingerprint density at radius 3 is 2.71 bits per heavy atom. The van der Waals surface area contributed by atoms with Crippen LogP contribution in [0.2, 0.25) is 0 Å². The van der Waals surface area contributed by atoms with Crippen LogP contribution in [0, 0.1) is 11.7 Å². The van der Waals surface area contributed by atoms with Crippen LogP contribution in [0.15, 0.2) is 24.3 Å². The van der Waals surface area contributed by atoms with Gasteiger partial charge in [0, 0.05) is 12.6 Å². The first-order valence-electron chi connectivity index (χ1n) is 7.90. The van der Waals surface area contributed by atoms with Crippen molar-refractivity contribution >= 4 is 5.91 Å². The number of hydrogen-bond acceptors (Lipinski definition) is 2. The largest absolute Gasteiger partial charge is 0.339 e. The lowest BCUT2D eigenvalue weighted by molar-refractivity contribution is -0.134. The Bertz CT molecular complexity index is 478. The zero-order valence-corrected chi connectivity index (χ0v) is 12.7. The van der Waals surface area contributed by atoms with E-state index in [-0.39, 0.29) is 24.2 Å². The second-order valence-electron chi connectivity index (χ2n) is 5.80. The predicted octanol–water partition coefficient (Wildman–Crippen LogP) is 2.73. The smallest absolute Gasteiger partial charge is 0.227 e. The Hall–Kier alpha value is -1.42. The topological polar surface area (TPSA) is 46.3 Å². The summed E-state index contributed by atoms with van der Waals surface area (Å²) in [5.41, 5.74) is 6.34. The second-order valence-corrected chi connectivity index (χ2v) is 5.80. The van der Waals surface area contributed by atoms with Crippen molar-refractivity contribution in [2.24, 2.45) is 11.7 Å². The van der Waals surface area contributed by atoms with Crippen molar-refractivity contribution in [2.75, 3.05) is 13.1 Å². The molecule has 1 aromatic rings. The fourth-order valence-corrected chi connectivity index (χ4v) is 3.38. The highest BCUT2D eigenvalue weighted by Crippen LogP contribution is 2.28. The molecular formula is C17H25FN2O. The maximum absolute atomic E-state index is 13.7. The van der Waals surface area contributed by atoms with E-state index in [0.29, 0.717) is 24.6 Å². The van der Waals surface area contributed by atoms with Crippen LogP contribution in [-0.2, 0) is 11.2 Å². The molecule has 0 spiro atoms. The van der Waals surface area contributed by atoms with Gasteiger partial charge in [-0.2, -0.15) is 0 Å². The number of rotatable bonds is 5. The van der Waals surface area contributed by atoms with Crippen LogP contribution in [-0.4, -0.2) is 29.9 Å². The first kappa shape index (κ1) is 16.0. The number of likely N-dealkylation sites (N-methyl/N-ethyl adjacent to an activating group) is 1. The third-order valence-corrected chi connectivity index (χ3v) is 4.53. The molecule has 0 bridgehead atoms. The molecule has 1 amide bonds. The Morgan fingerprint density at radius 1 is 1.33 bits per heavy atom. The van der Waals surface area contributed by atoms with Gasteiger partial charge in [-0.1, -0.05) is 31.0 Å². The molecule has 1 saturated carbocycles. The van der Waals surface area contributed by atoms with Crippen LogP contribution >= 0.6 is 0 Å². The van der Waals surface area contributed by atoms with Gasteiger partial charge in [0.1, 0.15) is 5.82 Å². The summed E-state index contributed by atoms with van der Waals surface area (Å²) >= 11 is 0. The summed E-state index contributed by atoms with van der Waals surface area (Å²) in [4.78, 5) is 14.5. The molecule has 0 aromatic heterocycles. The Balaban J connectivity index is 2.09. The number of benzene rings is 1. The average molecular weight is 292 g/mol. The standard InChI is InChI=1S/C17H25FN2O/c1-2-20(16-10-6-4-8-14(16)12-19)17(21)11-13-7-3-5-9-15(13)18/h3,5,7,9,14,16H,2,4,6,8,10-12,19H2,1H3. The van der Waals surface area contributed by atoms with Gasteiger partial charge in [-0.15, -0.1) is 0 Å². The minimum absolute atomic E-state index is 0.00736. The van der Waals surface area contributed by atoms with E-state index in [0.717, 1.165) is 19.3 Å². The van der Waals surface area contributed by atoms with Crippen LogP contribution in [0.3, 0.4) is 0 Å². The number of carbonyl (C=O) groups excluding carboxylic acids is 1. The van der Waals surface area contributed by atoms with Gasteiger partial charge in [0.25, 0.3) is 0 Å². The maximum Gasteiger partial charge on any atom is 0.227 e. The van der Waals surface area contributed by atoms with E-state index in [1.54, 1.807) is 18.2 Å². The van der Waals surface area contributed by atoms with Crippen LogP contribution in [0.25, 0.3) is 0 Å². The van der Waals surface area contributed by atoms with Crippen molar-refractivity contribution in [1.82, 2.24) is 4.90 Å². The Kier molecular flexibility index (Phi) is 5.74. The SMILES string of the molecule is CCN(C(=O)Cc1ccccc1F)C1CCCCC1CN. The summed E-state index contributed by atoms with van der Waals surface area (Å²) in [5, 5.41) is 0. The van der Waals surface area contributed by atoms with Gasteiger partial charge in [0.2, 0.25) is 5.91 Å². The first-order valence-corrected chi connectivity index (χ1v) is 7.90. The van der Waals surface area contributed by atoms with E-state index in [2.05, 4.69) is 0 Å². The van der Waals surface area contributed by atoms with Crippen LogP contribution < -0.4 is 5.73 Å². The molecule has 0 aliphatic heterocycles. The van der Waals surface area contributed by atoms with Crippen LogP contribution in [0.5, 0.6) is 0 Å². The van der Waals surface area contributed by atoms with Crippen molar-refractivity contribution in [3.8, 4) is 0 Å². The minimum atomic E-state index is -0.305. The molecule has 2 rings (SSSR count). The van der Waals surface area contributed by atoms with E-state index < -0.39 is 0 Å². The molecule has 116 valence electrons. The van der Waals surface area contributed by atoms with Gasteiger partial charge in [0.15, 0.2) is 0 Å². The third kappa shape index (κ3) is 3.82. The summed E-state index contributed by atoms with van der Waals surface area (Å²) in [6.45, 7) is 3.27. The molecule has 0 heterocycles. The third-order valence-electron chi connectivity index (χ3n) is 4.53. The fraction of sp³-hybridized carbons (Fsp3) is 0.588. The van der Waals surface area contributed by atoms with E-state index in [1.165, 1.54) is 12.5 Å². The van der Waals surface area contributed by atoms with E-state index >= 15 is 0 Å². The van der Waals surface area contributed by atoms with Gasteiger partial charge >= 0.3 is 0 Å². The number of hydrogen-bond donors (Lipinski definition) is 1. The van der Waals surface area contributed by atoms with Crippen LogP contribution in [0.1, 0.15) is 38.2 Å². The quantitative estimate of drug-likeness (QED) is 0.907. The fourth-order valence-electron chi connectivity index (χ4n) is 3.38. The van der Waals surface area contributed by atoms with Crippen LogP contribution in [0.4, 0.5) is 4.39 Å². The molecule has 2 N–H and O–H groups in total.